The van der Waals surface area contributed by atoms with Crippen molar-refractivity contribution in [1.29, 1.82) is 5.26 Å². The van der Waals surface area contributed by atoms with E-state index in [4.69, 9.17) is 21.6 Å². The van der Waals surface area contributed by atoms with Gasteiger partial charge in [-0.3, -0.25) is 0 Å². The minimum Gasteiger partial charge on any atom is -0.388 e. The molecule has 19 heavy (non-hydrogen) atoms. The maximum atomic E-state index is 10.5. The van der Waals surface area contributed by atoms with Gasteiger partial charge in [-0.1, -0.05) is 11.6 Å². The normalized spacial score (nSPS) is 17.8. The molecule has 1 saturated heterocycles. The van der Waals surface area contributed by atoms with Crippen LogP contribution in [0.2, 0.25) is 5.02 Å². The van der Waals surface area contributed by atoms with Gasteiger partial charge in [0.05, 0.1) is 11.2 Å². The van der Waals surface area contributed by atoms with Crippen LogP contribution in [0, 0.1) is 11.3 Å². The predicted octanol–water partition coefficient (Wildman–Crippen LogP) is 1.58. The number of halogens is 1. The molecule has 1 aromatic rings. The fourth-order valence-electron chi connectivity index (χ4n) is 2.21. The second kappa shape index (κ2) is 5.74. The van der Waals surface area contributed by atoms with Gasteiger partial charge < -0.3 is 14.7 Å². The van der Waals surface area contributed by atoms with Gasteiger partial charge in [-0.15, -0.1) is 0 Å². The highest BCUT2D eigenvalue weighted by Crippen LogP contribution is 2.28. The molecule has 0 spiro atoms. The Balaban J connectivity index is 2.16. The molecule has 0 bridgehead atoms. The number of pyridine rings is 1. The van der Waals surface area contributed by atoms with Crippen LogP contribution >= 0.6 is 11.6 Å². The van der Waals surface area contributed by atoms with E-state index < -0.39 is 5.60 Å². The molecule has 1 aliphatic heterocycles. The van der Waals surface area contributed by atoms with Gasteiger partial charge in [0.1, 0.15) is 16.9 Å². The number of hydrogen-bond acceptors (Lipinski definition) is 5. The van der Waals surface area contributed by atoms with Crippen LogP contribution in [0.3, 0.4) is 0 Å². The van der Waals surface area contributed by atoms with Crippen LogP contribution in [0.15, 0.2) is 12.3 Å². The third kappa shape index (κ3) is 3.16. The van der Waals surface area contributed by atoms with E-state index in [0.717, 1.165) is 0 Å². The zero-order valence-corrected chi connectivity index (χ0v) is 11.5. The minimum absolute atomic E-state index is 0.322. The summed E-state index contributed by atoms with van der Waals surface area (Å²) < 4.78 is 5.25. The smallest absolute Gasteiger partial charge is 0.148 e. The number of likely N-dealkylation sites (N-methyl/N-ethyl adjacent to an activating group) is 1. The van der Waals surface area contributed by atoms with Crippen molar-refractivity contribution in [3.05, 3.63) is 22.8 Å². The van der Waals surface area contributed by atoms with Crippen molar-refractivity contribution in [3.63, 3.8) is 0 Å². The topological polar surface area (TPSA) is 69.4 Å². The summed E-state index contributed by atoms with van der Waals surface area (Å²) in [5.74, 6) is 0.514. The molecule has 2 rings (SSSR count). The van der Waals surface area contributed by atoms with Crippen LogP contribution < -0.4 is 4.90 Å². The van der Waals surface area contributed by atoms with Gasteiger partial charge in [-0.25, -0.2) is 4.98 Å². The molecule has 0 unspecified atom stereocenters. The summed E-state index contributed by atoms with van der Waals surface area (Å²) in [6.07, 6.45) is 2.73. The summed E-state index contributed by atoms with van der Waals surface area (Å²) in [4.78, 5) is 5.97. The molecule has 1 aliphatic rings. The highest BCUT2D eigenvalue weighted by atomic mass is 35.5. The Morgan fingerprint density at radius 1 is 1.58 bits per heavy atom. The number of nitriles is 1. The lowest BCUT2D eigenvalue weighted by molar-refractivity contribution is -0.0573. The van der Waals surface area contributed by atoms with Crippen LogP contribution in [-0.4, -0.2) is 42.5 Å². The predicted molar refractivity (Wildman–Crippen MR) is 72.2 cm³/mol. The minimum atomic E-state index is -0.791. The molecule has 1 aromatic heterocycles. The maximum Gasteiger partial charge on any atom is 0.148 e. The molecule has 0 saturated carbocycles. The number of aliphatic hydroxyl groups is 1. The molecule has 5 nitrogen and oxygen atoms in total. The molecule has 1 N–H and O–H groups in total. The van der Waals surface area contributed by atoms with E-state index in [0.29, 0.717) is 49.0 Å². The van der Waals surface area contributed by atoms with E-state index in [-0.39, 0.29) is 0 Å². The van der Waals surface area contributed by atoms with Crippen LogP contribution in [0.4, 0.5) is 5.82 Å². The van der Waals surface area contributed by atoms with E-state index in [1.807, 2.05) is 13.1 Å². The number of hydrogen-bond donors (Lipinski definition) is 1. The molecule has 2 heterocycles. The summed E-state index contributed by atoms with van der Waals surface area (Å²) >= 11 is 6.13. The lowest BCUT2D eigenvalue weighted by Crippen LogP contribution is -2.46. The van der Waals surface area contributed by atoms with E-state index >= 15 is 0 Å². The van der Waals surface area contributed by atoms with Gasteiger partial charge in [-0.2, -0.15) is 5.26 Å². The largest absolute Gasteiger partial charge is 0.388 e. The third-order valence-corrected chi connectivity index (χ3v) is 3.68. The first-order chi connectivity index (χ1) is 9.06. The highest BCUT2D eigenvalue weighted by Gasteiger charge is 2.32. The fourth-order valence-corrected chi connectivity index (χ4v) is 2.51. The van der Waals surface area contributed by atoms with Crippen molar-refractivity contribution >= 4 is 17.4 Å². The number of aromatic nitrogens is 1. The summed E-state index contributed by atoms with van der Waals surface area (Å²) in [5.41, 5.74) is -0.404. The van der Waals surface area contributed by atoms with Gasteiger partial charge in [0.15, 0.2) is 0 Å². The van der Waals surface area contributed by atoms with Crippen LogP contribution in [0.5, 0.6) is 0 Å². The standard InChI is InChI=1S/C13H16ClN3O2/c1-17(9-13(18)3-6-19-7-4-13)12-11(14)10(8-15)2-5-16-12/h2,5,18H,3-4,6-7,9H2,1H3. The second-order valence-corrected chi connectivity index (χ2v) is 5.18. The first-order valence-electron chi connectivity index (χ1n) is 6.12. The Morgan fingerprint density at radius 2 is 2.26 bits per heavy atom. The number of ether oxygens (including phenoxy) is 1. The third-order valence-electron chi connectivity index (χ3n) is 3.31. The van der Waals surface area contributed by atoms with Crippen LogP contribution in [0.25, 0.3) is 0 Å². The van der Waals surface area contributed by atoms with E-state index in [1.54, 1.807) is 17.2 Å². The van der Waals surface area contributed by atoms with Crippen molar-refractivity contribution < 1.29 is 9.84 Å². The average Bonchev–Trinajstić information content (AvgIpc) is 2.39. The summed E-state index contributed by atoms with van der Waals surface area (Å²) in [5, 5.41) is 19.7. The van der Waals surface area contributed by atoms with Gasteiger partial charge in [-0.05, 0) is 6.07 Å². The van der Waals surface area contributed by atoms with Crippen molar-refractivity contribution in [2.75, 3.05) is 31.7 Å². The highest BCUT2D eigenvalue weighted by molar-refractivity contribution is 6.34. The zero-order chi connectivity index (χ0) is 13.9. The first kappa shape index (κ1) is 14.1. The maximum absolute atomic E-state index is 10.5. The molecule has 1 fully saturated rings. The van der Waals surface area contributed by atoms with Crippen molar-refractivity contribution in [2.45, 2.75) is 18.4 Å². The van der Waals surface area contributed by atoms with Crippen molar-refractivity contribution in [3.8, 4) is 6.07 Å². The Labute approximate surface area is 117 Å². The molecular weight excluding hydrogens is 266 g/mol. The van der Waals surface area contributed by atoms with Gasteiger partial charge in [0.25, 0.3) is 0 Å². The average molecular weight is 282 g/mol. The van der Waals surface area contributed by atoms with Crippen LogP contribution in [0.1, 0.15) is 18.4 Å². The monoisotopic (exact) mass is 281 g/mol. The molecule has 0 amide bonds. The molecule has 102 valence electrons. The lowest BCUT2D eigenvalue weighted by Gasteiger charge is -2.36. The van der Waals surface area contributed by atoms with Crippen LogP contribution in [-0.2, 0) is 4.74 Å². The number of rotatable bonds is 3. The molecule has 0 atom stereocenters. The molecule has 0 aliphatic carbocycles. The van der Waals surface area contributed by atoms with Crippen molar-refractivity contribution in [1.82, 2.24) is 4.98 Å². The molecule has 0 aromatic carbocycles. The fraction of sp³-hybridized carbons (Fsp3) is 0.538. The quantitative estimate of drug-likeness (QED) is 0.911. The molecular formula is C13H16ClN3O2. The number of anilines is 1. The zero-order valence-electron chi connectivity index (χ0n) is 10.8. The summed E-state index contributed by atoms with van der Waals surface area (Å²) in [6, 6.07) is 3.59. The van der Waals surface area contributed by atoms with Crippen molar-refractivity contribution in [2.24, 2.45) is 0 Å². The Bertz CT molecular complexity index is 495. The summed E-state index contributed by atoms with van der Waals surface area (Å²) in [7, 11) is 1.81. The first-order valence-corrected chi connectivity index (χ1v) is 6.49. The molecule has 0 radical (unpaired) electrons. The Morgan fingerprint density at radius 3 is 2.89 bits per heavy atom. The summed E-state index contributed by atoms with van der Waals surface area (Å²) in [6.45, 7) is 1.53. The van der Waals surface area contributed by atoms with Gasteiger partial charge in [0.2, 0.25) is 0 Å². The van der Waals surface area contributed by atoms with E-state index in [1.165, 1.54) is 0 Å². The lowest BCUT2D eigenvalue weighted by atomic mass is 9.94. The molecule has 6 heteroatoms. The number of nitrogens with zero attached hydrogens (tertiary/aromatic N) is 3. The Kier molecular flexibility index (Phi) is 4.25. The second-order valence-electron chi connectivity index (χ2n) is 4.80. The van der Waals surface area contributed by atoms with Gasteiger partial charge in [0, 0.05) is 45.8 Å². The van der Waals surface area contributed by atoms with E-state index in [2.05, 4.69) is 4.98 Å². The van der Waals surface area contributed by atoms with Gasteiger partial charge >= 0.3 is 0 Å². The Hall–Kier alpha value is -1.35. The SMILES string of the molecule is CN(CC1(O)CCOCC1)c1nccc(C#N)c1Cl. The van der Waals surface area contributed by atoms with E-state index in [9.17, 15) is 5.11 Å².